The lowest BCUT2D eigenvalue weighted by atomic mass is 10.1. The van der Waals surface area contributed by atoms with Gasteiger partial charge in [-0.1, -0.05) is 20.8 Å². The monoisotopic (exact) mass is 157 g/mol. The average Bonchev–Trinajstić information content (AvgIpc) is 1.97. The molecule has 2 heteroatoms. The van der Waals surface area contributed by atoms with Crippen molar-refractivity contribution in [2.45, 2.75) is 33.6 Å². The summed E-state index contributed by atoms with van der Waals surface area (Å²) >= 11 is 0. The van der Waals surface area contributed by atoms with Crippen molar-refractivity contribution >= 4 is 5.78 Å². The van der Waals surface area contributed by atoms with Gasteiger partial charge in [0.1, 0.15) is 5.78 Å². The Morgan fingerprint density at radius 2 is 2.09 bits per heavy atom. The molecule has 11 heavy (non-hydrogen) atoms. The van der Waals surface area contributed by atoms with Crippen LogP contribution < -0.4 is 5.32 Å². The van der Waals surface area contributed by atoms with E-state index < -0.39 is 0 Å². The first-order valence-corrected chi connectivity index (χ1v) is 4.39. The first-order chi connectivity index (χ1) is 5.16. The summed E-state index contributed by atoms with van der Waals surface area (Å²) in [4.78, 5) is 11.0. The summed E-state index contributed by atoms with van der Waals surface area (Å²) in [7, 11) is 0. The minimum absolute atomic E-state index is 0.334. The van der Waals surface area contributed by atoms with E-state index in [1.807, 2.05) is 6.92 Å². The third-order valence-electron chi connectivity index (χ3n) is 1.57. The van der Waals surface area contributed by atoms with Gasteiger partial charge >= 0.3 is 0 Å². The van der Waals surface area contributed by atoms with Crippen molar-refractivity contribution in [2.24, 2.45) is 5.92 Å². The Morgan fingerprint density at radius 1 is 1.45 bits per heavy atom. The van der Waals surface area contributed by atoms with Crippen LogP contribution in [0, 0.1) is 5.92 Å². The molecular weight excluding hydrogens is 138 g/mol. The highest BCUT2D eigenvalue weighted by Gasteiger charge is 2.01. The van der Waals surface area contributed by atoms with Gasteiger partial charge < -0.3 is 5.32 Å². The molecule has 0 amide bonds. The number of likely N-dealkylation sites (N-methyl/N-ethyl adjacent to an activating group) is 1. The van der Waals surface area contributed by atoms with Crippen molar-refractivity contribution in [3.8, 4) is 0 Å². The smallest absolute Gasteiger partial charge is 0.146 e. The minimum atomic E-state index is 0.334. The maximum atomic E-state index is 11.0. The molecule has 0 bridgehead atoms. The molecule has 0 aliphatic heterocycles. The van der Waals surface area contributed by atoms with Gasteiger partial charge in [0.15, 0.2) is 0 Å². The molecule has 0 aromatic carbocycles. The van der Waals surface area contributed by atoms with E-state index in [4.69, 9.17) is 0 Å². The molecule has 0 saturated heterocycles. The summed E-state index contributed by atoms with van der Waals surface area (Å²) in [5, 5.41) is 3.02. The molecule has 0 heterocycles. The molecule has 0 radical (unpaired) electrons. The fourth-order valence-corrected chi connectivity index (χ4v) is 0.802. The lowest BCUT2D eigenvalue weighted by molar-refractivity contribution is -0.118. The van der Waals surface area contributed by atoms with Gasteiger partial charge in [-0.05, 0) is 18.9 Å². The maximum absolute atomic E-state index is 11.0. The second kappa shape index (κ2) is 6.35. The van der Waals surface area contributed by atoms with Crippen molar-refractivity contribution in [3.63, 3.8) is 0 Å². The highest BCUT2D eigenvalue weighted by molar-refractivity contribution is 5.80. The van der Waals surface area contributed by atoms with E-state index in [9.17, 15) is 4.79 Å². The van der Waals surface area contributed by atoms with E-state index in [0.29, 0.717) is 18.2 Å². The summed E-state index contributed by atoms with van der Waals surface area (Å²) < 4.78 is 0. The molecule has 2 nitrogen and oxygen atoms in total. The Labute approximate surface area is 69.4 Å². The zero-order chi connectivity index (χ0) is 8.69. The Bertz CT molecular complexity index is 110. The molecule has 66 valence electrons. The maximum Gasteiger partial charge on any atom is 0.146 e. The molecule has 0 saturated carbocycles. The number of ketones is 1. The molecule has 0 aromatic rings. The minimum Gasteiger partial charge on any atom is -0.310 e. The van der Waals surface area contributed by atoms with Gasteiger partial charge in [-0.25, -0.2) is 0 Å². The third-order valence-corrected chi connectivity index (χ3v) is 1.57. The Morgan fingerprint density at radius 3 is 2.55 bits per heavy atom. The Kier molecular flexibility index (Phi) is 6.13. The number of nitrogens with one attached hydrogen (secondary N) is 1. The number of Topliss-reactive ketones (excluding diaryl/α,β-unsaturated/α-hetero) is 1. The quantitative estimate of drug-likeness (QED) is 0.634. The van der Waals surface area contributed by atoms with Crippen molar-refractivity contribution in [1.29, 1.82) is 0 Å². The molecule has 0 aromatic heterocycles. The van der Waals surface area contributed by atoms with Gasteiger partial charge in [0.2, 0.25) is 0 Å². The van der Waals surface area contributed by atoms with Gasteiger partial charge in [0.05, 0.1) is 6.54 Å². The Hall–Kier alpha value is -0.370. The highest BCUT2D eigenvalue weighted by Crippen LogP contribution is 2.02. The van der Waals surface area contributed by atoms with E-state index in [0.717, 1.165) is 19.4 Å². The number of hydrogen-bond acceptors (Lipinski definition) is 2. The van der Waals surface area contributed by atoms with E-state index >= 15 is 0 Å². The van der Waals surface area contributed by atoms with Crippen LogP contribution in [0.25, 0.3) is 0 Å². The van der Waals surface area contributed by atoms with Gasteiger partial charge in [0.25, 0.3) is 0 Å². The third kappa shape index (κ3) is 7.53. The van der Waals surface area contributed by atoms with E-state index in [2.05, 4.69) is 19.2 Å². The first-order valence-electron chi connectivity index (χ1n) is 4.39. The summed E-state index contributed by atoms with van der Waals surface area (Å²) in [6.07, 6.45) is 1.74. The zero-order valence-corrected chi connectivity index (χ0v) is 7.81. The normalized spacial score (nSPS) is 10.5. The lowest BCUT2D eigenvalue weighted by Crippen LogP contribution is -2.22. The fraction of sp³-hybridized carbons (Fsp3) is 0.889. The summed E-state index contributed by atoms with van der Waals surface area (Å²) in [6.45, 7) is 7.72. The lowest BCUT2D eigenvalue weighted by Gasteiger charge is -2.03. The van der Waals surface area contributed by atoms with Crippen LogP contribution in [0.2, 0.25) is 0 Å². The summed E-state index contributed by atoms with van der Waals surface area (Å²) in [5.74, 6) is 0.973. The summed E-state index contributed by atoms with van der Waals surface area (Å²) in [5.41, 5.74) is 0. The number of carbonyl (C=O) groups excluding carboxylic acids is 1. The van der Waals surface area contributed by atoms with Gasteiger partial charge in [-0.2, -0.15) is 0 Å². The SMILES string of the molecule is CCNCC(=O)CCC(C)C. The Balaban J connectivity index is 3.23. The second-order valence-corrected chi connectivity index (χ2v) is 3.25. The average molecular weight is 157 g/mol. The predicted molar refractivity (Wildman–Crippen MR) is 47.6 cm³/mol. The van der Waals surface area contributed by atoms with Crippen LogP contribution in [-0.2, 0) is 4.79 Å². The van der Waals surface area contributed by atoms with E-state index in [-0.39, 0.29) is 0 Å². The highest BCUT2D eigenvalue weighted by atomic mass is 16.1. The van der Waals surface area contributed by atoms with Crippen LogP contribution in [0.15, 0.2) is 0 Å². The van der Waals surface area contributed by atoms with Crippen LogP contribution in [-0.4, -0.2) is 18.9 Å². The van der Waals surface area contributed by atoms with Crippen molar-refractivity contribution in [3.05, 3.63) is 0 Å². The van der Waals surface area contributed by atoms with Crippen molar-refractivity contribution < 1.29 is 4.79 Å². The molecule has 0 unspecified atom stereocenters. The van der Waals surface area contributed by atoms with E-state index in [1.54, 1.807) is 0 Å². The molecule has 0 aliphatic rings. The van der Waals surface area contributed by atoms with Gasteiger partial charge in [-0.3, -0.25) is 4.79 Å². The van der Waals surface area contributed by atoms with Crippen LogP contribution in [0.4, 0.5) is 0 Å². The molecule has 0 aliphatic carbocycles. The van der Waals surface area contributed by atoms with Crippen LogP contribution in [0.3, 0.4) is 0 Å². The summed E-state index contributed by atoms with van der Waals surface area (Å²) in [6, 6.07) is 0. The number of carbonyl (C=O) groups is 1. The second-order valence-electron chi connectivity index (χ2n) is 3.25. The van der Waals surface area contributed by atoms with E-state index in [1.165, 1.54) is 0 Å². The zero-order valence-electron chi connectivity index (χ0n) is 7.81. The number of hydrogen-bond donors (Lipinski definition) is 1. The largest absolute Gasteiger partial charge is 0.310 e. The van der Waals surface area contributed by atoms with Crippen LogP contribution >= 0.6 is 0 Å². The molecule has 0 atom stereocenters. The van der Waals surface area contributed by atoms with Gasteiger partial charge in [0, 0.05) is 6.42 Å². The van der Waals surface area contributed by atoms with Crippen LogP contribution in [0.5, 0.6) is 0 Å². The molecule has 1 N–H and O–H groups in total. The van der Waals surface area contributed by atoms with Crippen molar-refractivity contribution in [2.75, 3.05) is 13.1 Å². The topological polar surface area (TPSA) is 29.1 Å². The standard InChI is InChI=1S/C9H19NO/c1-4-10-7-9(11)6-5-8(2)3/h8,10H,4-7H2,1-3H3. The van der Waals surface area contributed by atoms with Crippen molar-refractivity contribution in [1.82, 2.24) is 5.32 Å². The number of rotatable bonds is 6. The van der Waals surface area contributed by atoms with Gasteiger partial charge in [-0.15, -0.1) is 0 Å². The van der Waals surface area contributed by atoms with Crippen LogP contribution in [0.1, 0.15) is 33.6 Å². The molecule has 0 fully saturated rings. The molecule has 0 spiro atoms. The first kappa shape index (κ1) is 10.6. The molecule has 0 rings (SSSR count). The predicted octanol–water partition coefficient (Wildman–Crippen LogP) is 1.60. The fourth-order valence-electron chi connectivity index (χ4n) is 0.802. The molecular formula is C9H19NO.